The van der Waals surface area contributed by atoms with Crippen LogP contribution in [0.2, 0.25) is 0 Å². The van der Waals surface area contributed by atoms with Crippen LogP contribution in [0.5, 0.6) is 0 Å². The number of nitrogens with zero attached hydrogens (tertiary/aromatic N) is 2. The van der Waals surface area contributed by atoms with Gasteiger partial charge in [0, 0.05) is 19.5 Å². The molecular formula is C24H35N3O4. The Labute approximate surface area is 184 Å². The second-order valence-electron chi connectivity index (χ2n) is 8.71. The standard InChI is InChI=1S/C24H35N3O4/c1-2-31-23(29)16-19-10-14-27(22(28)15-18-7-4-3-5-8-18)17-20(19)11-13-26-12-6-9-21(26)24(25)30/h3-5,7-8,19-21H,2,6,9-17H2,1H3,(H2,25,30)/t19-,20-,21-/m0/s1. The van der Waals surface area contributed by atoms with E-state index in [0.717, 1.165) is 44.3 Å². The Bertz CT molecular complexity index is 754. The molecule has 2 heterocycles. The Kier molecular flexibility index (Phi) is 8.46. The van der Waals surface area contributed by atoms with Crippen molar-refractivity contribution in [3.8, 4) is 0 Å². The second kappa shape index (κ2) is 11.3. The van der Waals surface area contributed by atoms with Gasteiger partial charge in [0.15, 0.2) is 0 Å². The van der Waals surface area contributed by atoms with Crippen LogP contribution in [0.4, 0.5) is 0 Å². The Morgan fingerprint density at radius 2 is 1.87 bits per heavy atom. The third-order valence-corrected chi connectivity index (χ3v) is 6.66. The fourth-order valence-electron chi connectivity index (χ4n) is 4.97. The van der Waals surface area contributed by atoms with E-state index in [1.165, 1.54) is 0 Å². The number of hydrogen-bond acceptors (Lipinski definition) is 5. The predicted octanol–water partition coefficient (Wildman–Crippen LogP) is 1.99. The SMILES string of the molecule is CCOC(=O)C[C@@H]1CCN(C(=O)Cc2ccccc2)C[C@@H]1CCN1CCC[C@H]1C(N)=O. The van der Waals surface area contributed by atoms with Gasteiger partial charge in [-0.1, -0.05) is 30.3 Å². The molecule has 1 aromatic carbocycles. The van der Waals surface area contributed by atoms with Gasteiger partial charge in [-0.3, -0.25) is 19.3 Å². The number of rotatable bonds is 9. The molecule has 1 aromatic rings. The number of carbonyl (C=O) groups excluding carboxylic acids is 3. The average molecular weight is 430 g/mol. The van der Waals surface area contributed by atoms with Crippen molar-refractivity contribution in [2.75, 3.05) is 32.8 Å². The van der Waals surface area contributed by atoms with E-state index in [-0.39, 0.29) is 35.7 Å². The van der Waals surface area contributed by atoms with Crippen LogP contribution in [-0.4, -0.2) is 66.4 Å². The van der Waals surface area contributed by atoms with Crippen LogP contribution in [-0.2, 0) is 25.5 Å². The summed E-state index contributed by atoms with van der Waals surface area (Å²) in [6.45, 7) is 5.14. The monoisotopic (exact) mass is 429 g/mol. The summed E-state index contributed by atoms with van der Waals surface area (Å²) in [5.74, 6) is 0.0880. The molecule has 2 N–H and O–H groups in total. The summed E-state index contributed by atoms with van der Waals surface area (Å²) in [7, 11) is 0. The first-order chi connectivity index (χ1) is 15.0. The van der Waals surface area contributed by atoms with Crippen LogP contribution in [0.25, 0.3) is 0 Å². The summed E-state index contributed by atoms with van der Waals surface area (Å²) >= 11 is 0. The molecule has 2 aliphatic rings. The van der Waals surface area contributed by atoms with Crippen molar-refractivity contribution < 1.29 is 19.1 Å². The van der Waals surface area contributed by atoms with Crippen molar-refractivity contribution >= 4 is 17.8 Å². The van der Waals surface area contributed by atoms with Crippen LogP contribution in [0.15, 0.2) is 30.3 Å². The Morgan fingerprint density at radius 1 is 1.10 bits per heavy atom. The molecule has 2 aliphatic heterocycles. The Hall–Kier alpha value is -2.41. The maximum absolute atomic E-state index is 12.9. The molecular weight excluding hydrogens is 394 g/mol. The zero-order valence-corrected chi connectivity index (χ0v) is 18.5. The summed E-state index contributed by atoms with van der Waals surface area (Å²) in [4.78, 5) is 40.9. The van der Waals surface area contributed by atoms with Gasteiger partial charge in [-0.15, -0.1) is 0 Å². The van der Waals surface area contributed by atoms with E-state index in [2.05, 4.69) is 4.90 Å². The summed E-state index contributed by atoms with van der Waals surface area (Å²) in [6, 6.07) is 9.59. The van der Waals surface area contributed by atoms with Crippen LogP contribution in [0.1, 0.15) is 44.6 Å². The number of ether oxygens (including phenoxy) is 1. The van der Waals surface area contributed by atoms with E-state index >= 15 is 0 Å². The molecule has 31 heavy (non-hydrogen) atoms. The lowest BCUT2D eigenvalue weighted by atomic mass is 9.80. The number of amides is 2. The topological polar surface area (TPSA) is 92.9 Å². The fourth-order valence-corrected chi connectivity index (χ4v) is 4.97. The van der Waals surface area contributed by atoms with E-state index in [1.54, 1.807) is 0 Å². The van der Waals surface area contributed by atoms with Crippen LogP contribution in [0, 0.1) is 11.8 Å². The minimum absolute atomic E-state index is 0.127. The van der Waals surface area contributed by atoms with E-state index in [4.69, 9.17) is 10.5 Å². The van der Waals surface area contributed by atoms with Crippen LogP contribution < -0.4 is 5.73 Å². The normalized spacial score (nSPS) is 24.2. The van der Waals surface area contributed by atoms with Crippen molar-refractivity contribution in [2.45, 2.75) is 51.5 Å². The molecule has 2 saturated heterocycles. The van der Waals surface area contributed by atoms with Crippen molar-refractivity contribution in [2.24, 2.45) is 17.6 Å². The van der Waals surface area contributed by atoms with E-state index in [1.807, 2.05) is 42.2 Å². The van der Waals surface area contributed by atoms with E-state index < -0.39 is 0 Å². The smallest absolute Gasteiger partial charge is 0.306 e. The number of hydrogen-bond donors (Lipinski definition) is 1. The highest BCUT2D eigenvalue weighted by atomic mass is 16.5. The molecule has 7 heteroatoms. The molecule has 0 aromatic heterocycles. The number of benzene rings is 1. The summed E-state index contributed by atoms with van der Waals surface area (Å²) in [6.07, 6.45) is 4.21. The molecule has 3 atom stereocenters. The molecule has 3 rings (SSSR count). The van der Waals surface area contributed by atoms with Crippen molar-refractivity contribution in [1.82, 2.24) is 9.80 Å². The Morgan fingerprint density at radius 3 is 2.58 bits per heavy atom. The lowest BCUT2D eigenvalue weighted by molar-refractivity contribution is -0.145. The number of nitrogens with two attached hydrogens (primary N) is 1. The lowest BCUT2D eigenvalue weighted by Crippen LogP contribution is -2.47. The number of carbonyl (C=O) groups is 3. The largest absolute Gasteiger partial charge is 0.466 e. The molecule has 2 amide bonds. The molecule has 0 aliphatic carbocycles. The molecule has 0 bridgehead atoms. The number of likely N-dealkylation sites (tertiary alicyclic amines) is 2. The van der Waals surface area contributed by atoms with Crippen molar-refractivity contribution in [1.29, 1.82) is 0 Å². The first-order valence-electron chi connectivity index (χ1n) is 11.5. The zero-order chi connectivity index (χ0) is 22.2. The third kappa shape index (κ3) is 6.53. The number of piperidine rings is 1. The van der Waals surface area contributed by atoms with Crippen LogP contribution in [0.3, 0.4) is 0 Å². The van der Waals surface area contributed by atoms with Gasteiger partial charge in [0.05, 0.1) is 19.1 Å². The second-order valence-corrected chi connectivity index (χ2v) is 8.71. The molecule has 0 unspecified atom stereocenters. The van der Waals surface area contributed by atoms with Gasteiger partial charge in [-0.2, -0.15) is 0 Å². The molecule has 0 spiro atoms. The summed E-state index contributed by atoms with van der Waals surface area (Å²) in [5.41, 5.74) is 6.58. The minimum atomic E-state index is -0.260. The average Bonchev–Trinajstić information content (AvgIpc) is 3.23. The van der Waals surface area contributed by atoms with Gasteiger partial charge in [-0.25, -0.2) is 0 Å². The maximum Gasteiger partial charge on any atom is 0.306 e. The highest BCUT2D eigenvalue weighted by Crippen LogP contribution is 2.31. The van der Waals surface area contributed by atoms with Gasteiger partial charge in [0.2, 0.25) is 11.8 Å². The molecule has 170 valence electrons. The molecule has 0 saturated carbocycles. The predicted molar refractivity (Wildman–Crippen MR) is 118 cm³/mol. The molecule has 0 radical (unpaired) electrons. The number of esters is 1. The van der Waals surface area contributed by atoms with Crippen molar-refractivity contribution in [3.05, 3.63) is 35.9 Å². The summed E-state index contributed by atoms with van der Waals surface area (Å²) in [5, 5.41) is 0. The van der Waals surface area contributed by atoms with Gasteiger partial charge in [0.1, 0.15) is 0 Å². The quantitative estimate of drug-likeness (QED) is 0.606. The van der Waals surface area contributed by atoms with E-state index in [0.29, 0.717) is 32.5 Å². The Balaban J connectivity index is 1.62. The van der Waals surface area contributed by atoms with Gasteiger partial charge in [0.25, 0.3) is 0 Å². The number of primary amides is 1. The van der Waals surface area contributed by atoms with Crippen molar-refractivity contribution in [3.63, 3.8) is 0 Å². The molecule has 7 nitrogen and oxygen atoms in total. The van der Waals surface area contributed by atoms with Gasteiger partial charge in [-0.05, 0) is 63.1 Å². The lowest BCUT2D eigenvalue weighted by Gasteiger charge is -2.39. The minimum Gasteiger partial charge on any atom is -0.466 e. The fraction of sp³-hybridized carbons (Fsp3) is 0.625. The van der Waals surface area contributed by atoms with Crippen LogP contribution >= 0.6 is 0 Å². The highest BCUT2D eigenvalue weighted by molar-refractivity contribution is 5.80. The zero-order valence-electron chi connectivity index (χ0n) is 18.5. The summed E-state index contributed by atoms with van der Waals surface area (Å²) < 4.78 is 5.18. The third-order valence-electron chi connectivity index (χ3n) is 6.66. The van der Waals surface area contributed by atoms with Gasteiger partial charge < -0.3 is 15.4 Å². The van der Waals surface area contributed by atoms with E-state index in [9.17, 15) is 14.4 Å². The van der Waals surface area contributed by atoms with Gasteiger partial charge >= 0.3 is 5.97 Å². The molecule has 2 fully saturated rings. The maximum atomic E-state index is 12.9. The first-order valence-corrected chi connectivity index (χ1v) is 11.5. The first kappa shape index (κ1) is 23.3. The highest BCUT2D eigenvalue weighted by Gasteiger charge is 2.35.